The number of methoxy groups -OCH3 is 2. The molecule has 0 saturated heterocycles. The molecule has 1 heterocycles. The Hall–Kier alpha value is -3.31. The highest BCUT2D eigenvalue weighted by Crippen LogP contribution is 2.48. The van der Waals surface area contributed by atoms with E-state index in [9.17, 15) is 9.90 Å². The van der Waals surface area contributed by atoms with E-state index in [1.54, 1.807) is 14.2 Å². The van der Waals surface area contributed by atoms with Gasteiger partial charge in [-0.25, -0.2) is 0 Å². The minimum Gasteiger partial charge on any atom is -0.497 e. The van der Waals surface area contributed by atoms with Gasteiger partial charge >= 0.3 is 0 Å². The number of carbonyl (C=O) groups is 1. The second kappa shape index (κ2) is 7.10. The molecule has 6 rings (SSSR count). The van der Waals surface area contributed by atoms with Crippen LogP contribution in [0.5, 0.6) is 11.5 Å². The van der Waals surface area contributed by atoms with E-state index in [0.717, 1.165) is 74.8 Å². The Morgan fingerprint density at radius 1 is 0.906 bits per heavy atom. The molecule has 5 heteroatoms. The number of carbonyl (C=O) groups excluding carboxylic acids is 1. The number of aliphatic hydroxyl groups is 1. The first-order valence-electron chi connectivity index (χ1n) is 11.1. The molecule has 4 aromatic rings. The molecular weight excluding hydrogens is 402 g/mol. The molecule has 0 spiro atoms. The molecule has 162 valence electrons. The van der Waals surface area contributed by atoms with Crippen LogP contribution in [0, 0.1) is 0 Å². The maximum Gasteiger partial charge on any atom is 0.164 e. The van der Waals surface area contributed by atoms with Gasteiger partial charge in [0.25, 0.3) is 0 Å². The molecule has 0 fully saturated rings. The van der Waals surface area contributed by atoms with E-state index in [4.69, 9.17) is 9.47 Å². The van der Waals surface area contributed by atoms with E-state index in [-0.39, 0.29) is 12.4 Å². The molecular formula is C27H25NO4. The summed E-state index contributed by atoms with van der Waals surface area (Å²) in [6, 6.07) is 12.3. The highest BCUT2D eigenvalue weighted by molar-refractivity contribution is 6.20. The molecule has 0 saturated carbocycles. The SMILES string of the molecule is COc1ccc2c(c1)CCc1c-2c2c(c3c4cc(OC)ccc4n(CCO)c13)CCC2=O. The summed E-state index contributed by atoms with van der Waals surface area (Å²) in [5.41, 5.74) is 8.94. The fourth-order valence-corrected chi connectivity index (χ4v) is 5.83. The van der Waals surface area contributed by atoms with Crippen LogP contribution in [-0.4, -0.2) is 36.3 Å². The third-order valence-corrected chi connectivity index (χ3v) is 7.14. The number of ketones is 1. The number of benzene rings is 3. The third kappa shape index (κ3) is 2.51. The van der Waals surface area contributed by atoms with Crippen molar-refractivity contribution in [1.82, 2.24) is 4.57 Å². The molecule has 5 nitrogen and oxygen atoms in total. The fraction of sp³-hybridized carbons (Fsp3) is 0.296. The van der Waals surface area contributed by atoms with Crippen molar-refractivity contribution >= 4 is 27.6 Å². The second-order valence-electron chi connectivity index (χ2n) is 8.64. The standard InChI is InChI=1S/C27H25NO4/c1-31-16-4-7-18-15(13-16)3-6-20-24(18)26-19(8-10-23(26)30)25-21-14-17(32-2)5-9-22(21)28(11-12-29)27(20)25/h4-5,7,9,13-14,29H,3,6,8,10-12H2,1-2H3. The van der Waals surface area contributed by atoms with Crippen molar-refractivity contribution in [2.75, 3.05) is 20.8 Å². The second-order valence-corrected chi connectivity index (χ2v) is 8.64. The van der Waals surface area contributed by atoms with Gasteiger partial charge in [0.1, 0.15) is 11.5 Å². The minimum absolute atomic E-state index is 0.0590. The molecule has 1 aromatic heterocycles. The molecule has 3 aromatic carbocycles. The number of fused-ring (bicyclic) bond motifs is 10. The fourth-order valence-electron chi connectivity index (χ4n) is 5.83. The molecule has 1 N–H and O–H groups in total. The molecule has 32 heavy (non-hydrogen) atoms. The summed E-state index contributed by atoms with van der Waals surface area (Å²) in [5, 5.41) is 12.2. The van der Waals surface area contributed by atoms with E-state index >= 15 is 0 Å². The Morgan fingerprint density at radius 2 is 1.66 bits per heavy atom. The molecule has 2 aliphatic rings. The van der Waals surface area contributed by atoms with Gasteiger partial charge < -0.3 is 19.1 Å². The number of nitrogens with zero attached hydrogens (tertiary/aromatic N) is 1. The van der Waals surface area contributed by atoms with E-state index in [1.807, 2.05) is 12.1 Å². The highest BCUT2D eigenvalue weighted by atomic mass is 16.5. The first-order chi connectivity index (χ1) is 15.7. The van der Waals surface area contributed by atoms with Crippen molar-refractivity contribution in [1.29, 1.82) is 0 Å². The zero-order valence-electron chi connectivity index (χ0n) is 18.3. The lowest BCUT2D eigenvalue weighted by Crippen LogP contribution is -2.12. The summed E-state index contributed by atoms with van der Waals surface area (Å²) in [5.74, 6) is 1.87. The predicted molar refractivity (Wildman–Crippen MR) is 125 cm³/mol. The van der Waals surface area contributed by atoms with Crippen molar-refractivity contribution in [3.63, 3.8) is 0 Å². The Balaban J connectivity index is 1.80. The molecule has 2 aliphatic carbocycles. The number of Topliss-reactive ketones (excluding diaryl/α,β-unsaturated/α-hetero) is 1. The summed E-state index contributed by atoms with van der Waals surface area (Å²) in [4.78, 5) is 13.2. The van der Waals surface area contributed by atoms with Crippen LogP contribution in [0.4, 0.5) is 0 Å². The van der Waals surface area contributed by atoms with Crippen LogP contribution in [-0.2, 0) is 25.8 Å². The van der Waals surface area contributed by atoms with Crippen LogP contribution >= 0.6 is 0 Å². The van der Waals surface area contributed by atoms with Crippen molar-refractivity contribution in [2.45, 2.75) is 32.2 Å². The summed E-state index contributed by atoms with van der Waals surface area (Å²) >= 11 is 0. The number of aliphatic hydroxyl groups excluding tert-OH is 1. The largest absolute Gasteiger partial charge is 0.497 e. The maximum atomic E-state index is 13.2. The first kappa shape index (κ1) is 19.4. The summed E-state index contributed by atoms with van der Waals surface area (Å²) in [7, 11) is 3.36. The lowest BCUT2D eigenvalue weighted by Gasteiger charge is -2.25. The molecule has 0 amide bonds. The quantitative estimate of drug-likeness (QED) is 0.513. The third-order valence-electron chi connectivity index (χ3n) is 7.14. The number of aromatic nitrogens is 1. The Kier molecular flexibility index (Phi) is 4.30. The molecule has 0 aliphatic heterocycles. The van der Waals surface area contributed by atoms with Gasteiger partial charge in [-0.05, 0) is 77.4 Å². The first-order valence-corrected chi connectivity index (χ1v) is 11.1. The van der Waals surface area contributed by atoms with Gasteiger partial charge in [0.2, 0.25) is 0 Å². The van der Waals surface area contributed by atoms with Crippen molar-refractivity contribution in [3.8, 4) is 22.6 Å². The Morgan fingerprint density at radius 3 is 2.44 bits per heavy atom. The maximum absolute atomic E-state index is 13.2. The number of aryl methyl sites for hydroxylation is 3. The van der Waals surface area contributed by atoms with Crippen LogP contribution in [0.15, 0.2) is 36.4 Å². The Labute approximate surface area is 186 Å². The number of hydrogen-bond donors (Lipinski definition) is 1. The van der Waals surface area contributed by atoms with Crippen molar-refractivity contribution in [2.24, 2.45) is 0 Å². The van der Waals surface area contributed by atoms with Crippen molar-refractivity contribution < 1.29 is 19.4 Å². The normalized spacial score (nSPS) is 14.5. The van der Waals surface area contributed by atoms with Crippen LogP contribution < -0.4 is 9.47 Å². The van der Waals surface area contributed by atoms with Gasteiger partial charge in [-0.1, -0.05) is 6.07 Å². The van der Waals surface area contributed by atoms with Gasteiger partial charge in [0.05, 0.1) is 26.3 Å². The lowest BCUT2D eigenvalue weighted by molar-refractivity contribution is 0.0995. The van der Waals surface area contributed by atoms with Gasteiger partial charge in [0.15, 0.2) is 5.78 Å². The highest BCUT2D eigenvalue weighted by Gasteiger charge is 2.34. The van der Waals surface area contributed by atoms with Crippen LogP contribution in [0.3, 0.4) is 0 Å². The van der Waals surface area contributed by atoms with E-state index < -0.39 is 0 Å². The Bertz CT molecular complexity index is 1430. The van der Waals surface area contributed by atoms with Crippen LogP contribution in [0.25, 0.3) is 32.9 Å². The number of rotatable bonds is 4. The summed E-state index contributed by atoms with van der Waals surface area (Å²) < 4.78 is 13.2. The smallest absolute Gasteiger partial charge is 0.164 e. The number of ether oxygens (including phenoxy) is 2. The van der Waals surface area contributed by atoms with E-state index in [1.165, 1.54) is 11.1 Å². The zero-order chi connectivity index (χ0) is 22.0. The predicted octanol–water partition coefficient (Wildman–Crippen LogP) is 4.70. The zero-order valence-corrected chi connectivity index (χ0v) is 18.3. The minimum atomic E-state index is 0.0590. The molecule has 0 unspecified atom stereocenters. The number of hydrogen-bond acceptors (Lipinski definition) is 4. The molecule has 0 bridgehead atoms. The molecule has 0 atom stereocenters. The topological polar surface area (TPSA) is 60.7 Å². The van der Waals surface area contributed by atoms with Crippen LogP contribution in [0.2, 0.25) is 0 Å². The summed E-state index contributed by atoms with van der Waals surface area (Å²) in [6.45, 7) is 0.574. The molecule has 0 radical (unpaired) electrons. The van der Waals surface area contributed by atoms with E-state index in [0.29, 0.717) is 13.0 Å². The summed E-state index contributed by atoms with van der Waals surface area (Å²) in [6.07, 6.45) is 3.04. The van der Waals surface area contributed by atoms with Gasteiger partial charge in [-0.2, -0.15) is 0 Å². The van der Waals surface area contributed by atoms with Gasteiger partial charge in [-0.3, -0.25) is 4.79 Å². The van der Waals surface area contributed by atoms with E-state index in [2.05, 4.69) is 28.8 Å². The average Bonchev–Trinajstić information content (AvgIpc) is 3.36. The monoisotopic (exact) mass is 427 g/mol. The van der Waals surface area contributed by atoms with Crippen LogP contribution in [0.1, 0.15) is 33.5 Å². The van der Waals surface area contributed by atoms with Gasteiger partial charge in [-0.15, -0.1) is 0 Å². The van der Waals surface area contributed by atoms with Crippen molar-refractivity contribution in [3.05, 3.63) is 58.7 Å². The average molecular weight is 428 g/mol. The van der Waals surface area contributed by atoms with Gasteiger partial charge in [0, 0.05) is 34.8 Å². The lowest BCUT2D eigenvalue weighted by atomic mass is 9.80.